The third-order valence-electron chi connectivity index (χ3n) is 10.9. The van der Waals surface area contributed by atoms with E-state index < -0.39 is 0 Å². The Bertz CT molecular complexity index is 540. The van der Waals surface area contributed by atoms with Gasteiger partial charge in [-0.25, -0.2) is 0 Å². The molecular weight excluding hydrogens is 404 g/mol. The molecule has 162 valence electrons. The van der Waals surface area contributed by atoms with Crippen LogP contribution in [0.2, 0.25) is 0 Å². The van der Waals surface area contributed by atoms with Gasteiger partial charge in [-0.2, -0.15) is 0 Å². The highest BCUT2D eigenvalue weighted by Crippen LogP contribution is 2.69. The molecule has 2 unspecified atom stereocenters. The highest BCUT2D eigenvalue weighted by Gasteiger charge is 2.61. The number of hydrogen-bond acceptors (Lipinski definition) is 0. The highest BCUT2D eigenvalue weighted by molar-refractivity contribution is 9.09. The third-order valence-corrected chi connectivity index (χ3v) is 12.3. The lowest BCUT2D eigenvalue weighted by molar-refractivity contribution is -0.110. The molecule has 4 aliphatic carbocycles. The molecule has 4 rings (SSSR count). The highest BCUT2D eigenvalue weighted by atomic mass is 79.9. The minimum absolute atomic E-state index is 0.587. The van der Waals surface area contributed by atoms with Gasteiger partial charge in [0.25, 0.3) is 0 Å². The van der Waals surface area contributed by atoms with Crippen molar-refractivity contribution >= 4 is 15.9 Å². The Morgan fingerprint density at radius 1 is 0.857 bits per heavy atom. The van der Waals surface area contributed by atoms with E-state index in [9.17, 15) is 0 Å². The normalized spacial score (nSPS) is 49.4. The topological polar surface area (TPSA) is 0 Å². The largest absolute Gasteiger partial charge is 0.0885 e. The van der Waals surface area contributed by atoms with Crippen molar-refractivity contribution in [2.75, 3.05) is 0 Å². The van der Waals surface area contributed by atoms with E-state index in [4.69, 9.17) is 0 Å². The van der Waals surface area contributed by atoms with E-state index in [0.29, 0.717) is 10.8 Å². The maximum atomic E-state index is 4.21. The number of alkyl halides is 1. The SMILES string of the molecule is CC(C)CCC[C@@H](C)[C@H]1CC[C@H]2[C@@H]3CCC4CCCC(Br)[C@]4(C)[C@H]3CC[C@]12C. The Labute approximate surface area is 184 Å². The molecule has 1 heteroatoms. The van der Waals surface area contributed by atoms with Crippen LogP contribution in [0.25, 0.3) is 0 Å². The molecule has 4 fully saturated rings. The Morgan fingerprint density at radius 3 is 2.39 bits per heavy atom. The summed E-state index contributed by atoms with van der Waals surface area (Å²) in [5.74, 6) is 6.89. The van der Waals surface area contributed by atoms with Crippen molar-refractivity contribution in [1.82, 2.24) is 0 Å². The lowest BCUT2D eigenvalue weighted by Gasteiger charge is -2.62. The average molecular weight is 452 g/mol. The summed E-state index contributed by atoms with van der Waals surface area (Å²) >= 11 is 4.21. The fourth-order valence-corrected chi connectivity index (χ4v) is 10.3. The number of halogens is 1. The molecule has 0 bridgehead atoms. The molecule has 0 amide bonds. The van der Waals surface area contributed by atoms with E-state index in [-0.39, 0.29) is 0 Å². The van der Waals surface area contributed by atoms with Crippen molar-refractivity contribution in [3.63, 3.8) is 0 Å². The second-order valence-corrected chi connectivity index (χ2v) is 13.6. The van der Waals surface area contributed by atoms with E-state index in [1.807, 2.05) is 0 Å². The van der Waals surface area contributed by atoms with Crippen LogP contribution in [-0.2, 0) is 0 Å². The summed E-state index contributed by atoms with van der Waals surface area (Å²) < 4.78 is 0. The molecular formula is C27H47Br. The maximum Gasteiger partial charge on any atom is 0.0205 e. The third kappa shape index (κ3) is 3.46. The minimum atomic E-state index is 0.587. The van der Waals surface area contributed by atoms with Crippen molar-refractivity contribution in [1.29, 1.82) is 0 Å². The lowest BCUT2D eigenvalue weighted by atomic mass is 9.44. The second kappa shape index (κ2) is 8.20. The first-order valence-electron chi connectivity index (χ1n) is 12.9. The van der Waals surface area contributed by atoms with Crippen molar-refractivity contribution in [3.05, 3.63) is 0 Å². The molecule has 0 saturated heterocycles. The zero-order valence-electron chi connectivity index (χ0n) is 19.5. The summed E-state index contributed by atoms with van der Waals surface area (Å²) in [6.45, 7) is 12.8. The number of rotatable bonds is 5. The molecule has 28 heavy (non-hydrogen) atoms. The molecule has 0 aromatic rings. The quantitative estimate of drug-likeness (QED) is 0.366. The van der Waals surface area contributed by atoms with E-state index >= 15 is 0 Å². The van der Waals surface area contributed by atoms with Crippen LogP contribution in [0.1, 0.15) is 112 Å². The molecule has 4 saturated carbocycles. The van der Waals surface area contributed by atoms with Crippen LogP contribution >= 0.6 is 15.9 Å². The zero-order chi connectivity index (χ0) is 20.1. The van der Waals surface area contributed by atoms with Crippen molar-refractivity contribution < 1.29 is 0 Å². The van der Waals surface area contributed by atoms with Crippen molar-refractivity contribution in [2.45, 2.75) is 116 Å². The first-order valence-corrected chi connectivity index (χ1v) is 13.8. The van der Waals surface area contributed by atoms with E-state index in [1.165, 1.54) is 64.2 Å². The molecule has 0 aliphatic heterocycles. The van der Waals surface area contributed by atoms with Gasteiger partial charge in [-0.05, 0) is 104 Å². The number of fused-ring (bicyclic) bond motifs is 5. The van der Waals surface area contributed by atoms with E-state index in [1.54, 1.807) is 12.8 Å². The van der Waals surface area contributed by atoms with Crippen molar-refractivity contribution in [2.24, 2.45) is 52.3 Å². The molecule has 0 spiro atoms. The molecule has 0 aromatic carbocycles. The van der Waals surface area contributed by atoms with Gasteiger partial charge >= 0.3 is 0 Å². The fourth-order valence-electron chi connectivity index (χ4n) is 9.29. The minimum Gasteiger partial charge on any atom is -0.0885 e. The van der Waals surface area contributed by atoms with Crippen LogP contribution in [0.5, 0.6) is 0 Å². The van der Waals surface area contributed by atoms with E-state index in [0.717, 1.165) is 46.3 Å². The molecule has 4 aliphatic rings. The predicted octanol–water partition coefficient (Wildman–Crippen LogP) is 8.87. The fraction of sp³-hybridized carbons (Fsp3) is 1.00. The summed E-state index contributed by atoms with van der Waals surface area (Å²) in [7, 11) is 0. The van der Waals surface area contributed by atoms with Crippen molar-refractivity contribution in [3.8, 4) is 0 Å². The predicted molar refractivity (Wildman–Crippen MR) is 126 cm³/mol. The smallest absolute Gasteiger partial charge is 0.0205 e. The van der Waals surface area contributed by atoms with Crippen LogP contribution in [-0.4, -0.2) is 4.83 Å². The Hall–Kier alpha value is 0.480. The van der Waals surface area contributed by atoms with Gasteiger partial charge in [0.2, 0.25) is 0 Å². The van der Waals surface area contributed by atoms with Gasteiger partial charge in [-0.1, -0.05) is 76.2 Å². The zero-order valence-corrected chi connectivity index (χ0v) is 21.1. The lowest BCUT2D eigenvalue weighted by Crippen LogP contribution is -2.56. The first kappa shape index (κ1) is 21.7. The summed E-state index contributed by atoms with van der Waals surface area (Å²) in [6, 6.07) is 0. The van der Waals surface area contributed by atoms with Gasteiger partial charge in [0.1, 0.15) is 0 Å². The summed E-state index contributed by atoms with van der Waals surface area (Å²) in [6.07, 6.45) is 18.0. The van der Waals surface area contributed by atoms with Crippen LogP contribution < -0.4 is 0 Å². The summed E-state index contributed by atoms with van der Waals surface area (Å²) in [5.41, 5.74) is 1.24. The number of hydrogen-bond donors (Lipinski definition) is 0. The Kier molecular flexibility index (Phi) is 6.35. The van der Waals surface area contributed by atoms with Gasteiger partial charge in [0.05, 0.1) is 0 Å². The standard InChI is InChI=1S/C27H47Br/c1-18(2)8-6-9-19(3)22-14-15-23-21-13-12-20-10-7-11-25(28)27(20,5)24(21)16-17-26(22,23)4/h18-25H,6-17H2,1-5H3/t19-,20?,21+,22-,23+,24+,25?,26-,27+/m1/s1. The van der Waals surface area contributed by atoms with Crippen LogP contribution in [0.4, 0.5) is 0 Å². The van der Waals surface area contributed by atoms with Gasteiger partial charge in [0, 0.05) is 4.83 Å². The molecule has 0 heterocycles. The van der Waals surface area contributed by atoms with Crippen LogP contribution in [0.3, 0.4) is 0 Å². The maximum absolute atomic E-state index is 4.21. The van der Waals surface area contributed by atoms with Gasteiger partial charge in [-0.15, -0.1) is 0 Å². The molecule has 0 nitrogen and oxygen atoms in total. The Balaban J connectivity index is 1.49. The monoisotopic (exact) mass is 450 g/mol. The van der Waals surface area contributed by atoms with E-state index in [2.05, 4.69) is 50.5 Å². The molecule has 0 aromatic heterocycles. The average Bonchev–Trinajstić information content (AvgIpc) is 3.00. The van der Waals surface area contributed by atoms with Gasteiger partial charge in [0.15, 0.2) is 0 Å². The van der Waals surface area contributed by atoms with Gasteiger partial charge < -0.3 is 0 Å². The van der Waals surface area contributed by atoms with Crippen LogP contribution in [0, 0.1) is 52.3 Å². The molecule has 0 radical (unpaired) electrons. The van der Waals surface area contributed by atoms with Gasteiger partial charge in [-0.3, -0.25) is 0 Å². The summed E-state index contributed by atoms with van der Waals surface area (Å²) in [4.78, 5) is 0.781. The Morgan fingerprint density at radius 2 is 1.64 bits per heavy atom. The molecule has 0 N–H and O–H groups in total. The van der Waals surface area contributed by atoms with Crippen LogP contribution in [0.15, 0.2) is 0 Å². The first-order chi connectivity index (χ1) is 13.3. The molecule has 9 atom stereocenters. The summed E-state index contributed by atoms with van der Waals surface area (Å²) in [5, 5.41) is 0. The second-order valence-electron chi connectivity index (χ2n) is 12.4.